The molecule has 2 fully saturated rings. The molecule has 18 nitrogen and oxygen atoms in total. The van der Waals surface area contributed by atoms with Gasteiger partial charge in [-0.2, -0.15) is 4.98 Å². The van der Waals surface area contributed by atoms with Gasteiger partial charge >= 0.3 is 13.5 Å². The minimum atomic E-state index is -4.82. The molecular weight excluding hydrogens is 649 g/mol. The fraction of sp³-hybridized carbons (Fsp3) is 0.423. The highest BCUT2D eigenvalue weighted by atomic mass is 32.2. The van der Waals surface area contributed by atoms with Crippen molar-refractivity contribution in [2.24, 2.45) is 0 Å². The maximum absolute atomic E-state index is 12.9. The van der Waals surface area contributed by atoms with E-state index in [0.29, 0.717) is 5.56 Å². The third kappa shape index (κ3) is 6.87. The molecule has 246 valence electrons. The lowest BCUT2D eigenvalue weighted by Gasteiger charge is -2.21. The molecule has 7 N–H and O–H groups in total. The van der Waals surface area contributed by atoms with Gasteiger partial charge in [-0.05, 0) is 12.1 Å². The van der Waals surface area contributed by atoms with Crippen LogP contribution in [0.1, 0.15) is 30.9 Å². The zero-order chi connectivity index (χ0) is 32.6. The number of hydrogen-bond acceptors (Lipinski definition) is 14. The number of imidazole rings is 1. The molecule has 5 heterocycles. The molecule has 46 heavy (non-hydrogen) atoms. The zero-order valence-electron chi connectivity index (χ0n) is 23.9. The van der Waals surface area contributed by atoms with Crippen molar-refractivity contribution < 1.29 is 38.2 Å². The highest BCUT2D eigenvalue weighted by molar-refractivity contribution is 7.98. The molecule has 2 saturated heterocycles. The lowest BCUT2D eigenvalue weighted by Crippen LogP contribution is -2.34. The molecule has 0 aliphatic carbocycles. The van der Waals surface area contributed by atoms with Gasteiger partial charge in [0.05, 0.1) is 25.6 Å². The van der Waals surface area contributed by atoms with E-state index in [9.17, 15) is 34.1 Å². The molecule has 0 spiro atoms. The molecular formula is C26H30N7O11PS. The molecule has 0 radical (unpaired) electrons. The van der Waals surface area contributed by atoms with Crippen LogP contribution >= 0.6 is 19.6 Å². The number of phosphoric acid groups is 1. The topological polar surface area (TPSA) is 259 Å². The Hall–Kier alpha value is -3.65. The summed E-state index contributed by atoms with van der Waals surface area (Å²) in [6.07, 6.45) is -3.82. The third-order valence-corrected chi connectivity index (χ3v) is 9.56. The molecule has 2 aliphatic rings. The van der Waals surface area contributed by atoms with E-state index in [4.69, 9.17) is 24.3 Å². The standard InChI is InChI=1S/C26H30N7O11PS/c27-25-29-22-21(24(37)30-25)28-12-33(22)19-6-15(35)18(43-19)10-41-45(39,40)44-16-7-20(42-17(16)9-34)32-8-13(23(36)31-26(32)38)11-46-14-4-2-1-3-5-14/h1-5,8,12,15-20,34-35H,6-7,9-11H2,(H,39,40)(H,31,36,38)(H3,27,29,30,37)/t15-,16-,17+,18+,19+,20+/m0/s1. The Labute approximate surface area is 262 Å². The van der Waals surface area contributed by atoms with Gasteiger partial charge in [0, 0.05) is 35.3 Å². The number of rotatable bonds is 11. The van der Waals surface area contributed by atoms with Gasteiger partial charge in [0.1, 0.15) is 30.8 Å². The van der Waals surface area contributed by atoms with Crippen molar-refractivity contribution in [1.29, 1.82) is 0 Å². The average Bonchev–Trinajstić information content (AvgIpc) is 3.72. The van der Waals surface area contributed by atoms with Crippen LogP contribution in [0.15, 0.2) is 62.1 Å². The second kappa shape index (κ2) is 13.2. The summed E-state index contributed by atoms with van der Waals surface area (Å²) in [5.74, 6) is 0.119. The number of fused-ring (bicyclic) bond motifs is 1. The molecule has 20 heteroatoms. The number of ether oxygens (including phenoxy) is 2. The number of hydrogen-bond donors (Lipinski definition) is 6. The van der Waals surface area contributed by atoms with Crippen LogP contribution in [0, 0.1) is 0 Å². The number of phosphoric ester groups is 1. The number of aliphatic hydroxyl groups excluding tert-OH is 2. The molecule has 0 saturated carbocycles. The van der Waals surface area contributed by atoms with Gasteiger partial charge in [-0.15, -0.1) is 11.8 Å². The number of aromatic amines is 2. The lowest BCUT2D eigenvalue weighted by atomic mass is 10.2. The minimum absolute atomic E-state index is 0.0159. The Kier molecular flexibility index (Phi) is 9.28. The van der Waals surface area contributed by atoms with Gasteiger partial charge in [0.15, 0.2) is 11.2 Å². The van der Waals surface area contributed by atoms with E-state index in [2.05, 4.69) is 19.9 Å². The molecule has 0 amide bonds. The fourth-order valence-corrected chi connectivity index (χ4v) is 7.06. The van der Waals surface area contributed by atoms with Gasteiger partial charge in [-0.1, -0.05) is 18.2 Å². The van der Waals surface area contributed by atoms with Crippen LogP contribution in [0.2, 0.25) is 0 Å². The number of nitrogen functional groups attached to an aromatic ring is 1. The van der Waals surface area contributed by atoms with Crippen LogP contribution in [-0.4, -0.2) is 81.8 Å². The maximum Gasteiger partial charge on any atom is 0.472 e. The van der Waals surface area contributed by atoms with Crippen molar-refractivity contribution >= 4 is 36.7 Å². The summed E-state index contributed by atoms with van der Waals surface area (Å²) in [6, 6.07) is 9.36. The van der Waals surface area contributed by atoms with Gasteiger partial charge in [0.25, 0.3) is 11.1 Å². The first-order valence-electron chi connectivity index (χ1n) is 14.0. The number of aliphatic hydroxyl groups is 2. The predicted octanol–water partition coefficient (Wildman–Crippen LogP) is -0.0253. The summed E-state index contributed by atoms with van der Waals surface area (Å²) in [5, 5.41) is 20.4. The van der Waals surface area contributed by atoms with Gasteiger partial charge in [-0.25, -0.2) is 14.3 Å². The normalized spacial score (nSPS) is 26.1. The van der Waals surface area contributed by atoms with E-state index in [0.717, 1.165) is 9.46 Å². The summed E-state index contributed by atoms with van der Waals surface area (Å²) in [6.45, 7) is -1.17. The second-order valence-electron chi connectivity index (χ2n) is 10.6. The Morgan fingerprint density at radius 1 is 1.07 bits per heavy atom. The van der Waals surface area contributed by atoms with Crippen molar-refractivity contribution in [2.45, 2.75) is 60.4 Å². The highest BCUT2D eigenvalue weighted by Gasteiger charge is 2.43. The van der Waals surface area contributed by atoms with Gasteiger partial charge in [-0.3, -0.25) is 37.7 Å². The molecule has 4 aromatic rings. The number of nitrogens with two attached hydrogens (primary N) is 1. The van der Waals surface area contributed by atoms with Crippen LogP contribution in [0.5, 0.6) is 0 Å². The van der Waals surface area contributed by atoms with E-state index >= 15 is 0 Å². The van der Waals surface area contributed by atoms with E-state index in [1.165, 1.54) is 28.9 Å². The van der Waals surface area contributed by atoms with E-state index in [1.807, 2.05) is 30.3 Å². The van der Waals surface area contributed by atoms with Crippen LogP contribution in [0.4, 0.5) is 5.95 Å². The van der Waals surface area contributed by atoms with Crippen LogP contribution in [-0.2, 0) is 28.8 Å². The summed E-state index contributed by atoms with van der Waals surface area (Å²) >= 11 is 1.39. The Morgan fingerprint density at radius 3 is 2.57 bits per heavy atom. The lowest BCUT2D eigenvalue weighted by molar-refractivity contribution is -0.0564. The quantitative estimate of drug-likeness (QED) is 0.0899. The number of anilines is 1. The van der Waals surface area contributed by atoms with Crippen molar-refractivity contribution in [3.63, 3.8) is 0 Å². The fourth-order valence-electron chi connectivity index (χ4n) is 5.23. The summed E-state index contributed by atoms with van der Waals surface area (Å²) in [5.41, 5.74) is 4.20. The number of benzene rings is 1. The van der Waals surface area contributed by atoms with Crippen molar-refractivity contribution in [1.82, 2.24) is 29.1 Å². The van der Waals surface area contributed by atoms with Gasteiger partial charge < -0.3 is 30.3 Å². The Morgan fingerprint density at radius 2 is 1.80 bits per heavy atom. The SMILES string of the molecule is Nc1nc2c(ncn2[C@H]2C[C@H](O)[C@@H](COP(=O)(O)O[C@H]3C[C@H](n4cc(CSc5ccccc5)c(=O)[nH]c4=O)O[C@@H]3CO)O2)c(=O)[nH]1. The van der Waals surface area contributed by atoms with Crippen molar-refractivity contribution in [3.8, 4) is 0 Å². The van der Waals surface area contributed by atoms with Crippen molar-refractivity contribution in [3.05, 3.63) is 79.6 Å². The number of aromatic nitrogens is 6. The molecule has 0 bridgehead atoms. The first kappa shape index (κ1) is 32.3. The zero-order valence-corrected chi connectivity index (χ0v) is 25.6. The minimum Gasteiger partial charge on any atom is -0.394 e. The number of nitrogens with zero attached hydrogens (tertiary/aromatic N) is 4. The number of nitrogens with one attached hydrogen (secondary N) is 2. The summed E-state index contributed by atoms with van der Waals surface area (Å²) < 4.78 is 37.5. The monoisotopic (exact) mass is 679 g/mol. The second-order valence-corrected chi connectivity index (χ2v) is 13.0. The van der Waals surface area contributed by atoms with E-state index in [-0.39, 0.29) is 35.7 Å². The average molecular weight is 680 g/mol. The maximum atomic E-state index is 12.9. The molecule has 2 aliphatic heterocycles. The molecule has 1 aromatic carbocycles. The van der Waals surface area contributed by atoms with E-state index < -0.39 is 74.7 Å². The smallest absolute Gasteiger partial charge is 0.394 e. The largest absolute Gasteiger partial charge is 0.472 e. The van der Waals surface area contributed by atoms with Crippen LogP contribution in [0.25, 0.3) is 11.2 Å². The van der Waals surface area contributed by atoms with Gasteiger partial charge in [0.2, 0.25) is 5.95 Å². The third-order valence-electron chi connectivity index (χ3n) is 7.49. The Balaban J connectivity index is 1.09. The molecule has 1 unspecified atom stereocenters. The summed E-state index contributed by atoms with van der Waals surface area (Å²) in [7, 11) is -4.82. The number of thioether (sulfide) groups is 1. The molecule has 7 atom stereocenters. The first-order valence-corrected chi connectivity index (χ1v) is 16.5. The molecule has 3 aromatic heterocycles. The number of H-pyrrole nitrogens is 2. The molecule has 6 rings (SSSR count). The van der Waals surface area contributed by atoms with Crippen LogP contribution < -0.4 is 22.5 Å². The summed E-state index contributed by atoms with van der Waals surface area (Å²) in [4.78, 5) is 61.3. The van der Waals surface area contributed by atoms with E-state index in [1.54, 1.807) is 0 Å². The first-order chi connectivity index (χ1) is 22.0. The van der Waals surface area contributed by atoms with Crippen LogP contribution in [0.3, 0.4) is 0 Å². The highest BCUT2D eigenvalue weighted by Crippen LogP contribution is 2.49. The van der Waals surface area contributed by atoms with Crippen molar-refractivity contribution in [2.75, 3.05) is 18.9 Å². The Bertz CT molecular complexity index is 1930. The predicted molar refractivity (Wildman–Crippen MR) is 161 cm³/mol.